The molecule has 1 aromatic heterocycles. The molecular weight excluding hydrogens is 388 g/mol. The predicted octanol–water partition coefficient (Wildman–Crippen LogP) is 3.86. The number of hydrogen-bond donors (Lipinski definition) is 0. The molecule has 6 nitrogen and oxygen atoms in total. The smallest absolute Gasteiger partial charge is 0.337 e. The molecule has 1 fully saturated rings. The van der Waals surface area contributed by atoms with Crippen LogP contribution in [0.2, 0.25) is 0 Å². The average molecular weight is 408 g/mol. The number of rotatable bonds is 4. The van der Waals surface area contributed by atoms with E-state index in [0.717, 1.165) is 44.9 Å². The highest BCUT2D eigenvalue weighted by Crippen LogP contribution is 2.34. The summed E-state index contributed by atoms with van der Waals surface area (Å²) in [6.07, 6.45) is 6.95. The Morgan fingerprint density at radius 1 is 1.24 bits per heavy atom. The number of aromatic nitrogens is 1. The molecule has 0 atom stereocenters. The minimum absolute atomic E-state index is 0.0411. The van der Waals surface area contributed by atoms with Crippen molar-refractivity contribution < 1.29 is 19.1 Å². The molecule has 0 unspecified atom stereocenters. The van der Waals surface area contributed by atoms with E-state index in [4.69, 9.17) is 11.2 Å². The summed E-state index contributed by atoms with van der Waals surface area (Å²) in [5, 5.41) is -0.366. The molecule has 7 heteroatoms. The van der Waals surface area contributed by atoms with Crippen molar-refractivity contribution in [3.05, 3.63) is 57.2 Å². The number of aryl methyl sites for hydroxylation is 2. The van der Waals surface area contributed by atoms with Gasteiger partial charge in [-0.15, -0.1) is 6.42 Å². The van der Waals surface area contributed by atoms with Gasteiger partial charge in [0.1, 0.15) is 0 Å². The number of esters is 1. The first-order valence-electron chi connectivity index (χ1n) is 8.85. The topological polar surface area (TPSA) is 68.6 Å². The summed E-state index contributed by atoms with van der Waals surface area (Å²) in [6.45, 7) is 5.79. The molecule has 3 rings (SSSR count). The number of amides is 2. The number of benzene rings is 1. The van der Waals surface area contributed by atoms with Gasteiger partial charge in [-0.05, 0) is 67.9 Å². The lowest BCUT2D eigenvalue weighted by Gasteiger charge is -2.14. The third-order valence-electron chi connectivity index (χ3n) is 4.75. The van der Waals surface area contributed by atoms with Gasteiger partial charge in [0, 0.05) is 17.1 Å². The molecule has 2 aromatic rings. The van der Waals surface area contributed by atoms with Crippen LogP contribution in [0.3, 0.4) is 0 Å². The van der Waals surface area contributed by atoms with Crippen LogP contribution >= 0.6 is 11.8 Å². The largest absolute Gasteiger partial charge is 0.465 e. The Labute approximate surface area is 173 Å². The van der Waals surface area contributed by atoms with Gasteiger partial charge >= 0.3 is 5.97 Å². The Bertz CT molecular complexity index is 1100. The second-order valence-corrected chi connectivity index (χ2v) is 7.62. The number of carbonyl (C=O) groups excluding carboxylic acids is 3. The molecule has 0 spiro atoms. The molecule has 0 aliphatic carbocycles. The van der Waals surface area contributed by atoms with Crippen LogP contribution in [0.15, 0.2) is 29.2 Å². The average Bonchev–Trinajstić information content (AvgIpc) is 3.12. The number of carbonyl (C=O) groups is 3. The van der Waals surface area contributed by atoms with E-state index in [0.29, 0.717) is 10.5 Å². The molecule has 0 bridgehead atoms. The van der Waals surface area contributed by atoms with Crippen molar-refractivity contribution in [3.63, 3.8) is 0 Å². The molecule has 2 heterocycles. The first kappa shape index (κ1) is 20.5. The number of ether oxygens (including phenoxy) is 1. The van der Waals surface area contributed by atoms with Gasteiger partial charge in [0.05, 0.1) is 24.1 Å². The zero-order valence-corrected chi connectivity index (χ0v) is 17.4. The lowest BCUT2D eigenvalue weighted by Crippen LogP contribution is -2.28. The van der Waals surface area contributed by atoms with Gasteiger partial charge in [-0.3, -0.25) is 14.5 Å². The van der Waals surface area contributed by atoms with Gasteiger partial charge in [0.25, 0.3) is 11.1 Å². The molecular formula is C22H20N2O4S. The van der Waals surface area contributed by atoms with E-state index in [2.05, 4.69) is 5.92 Å². The normalized spacial score (nSPS) is 15.1. The summed E-state index contributed by atoms with van der Waals surface area (Å²) in [5.74, 6) is 1.54. The predicted molar refractivity (Wildman–Crippen MR) is 113 cm³/mol. The molecule has 1 saturated heterocycles. The van der Waals surface area contributed by atoms with Crippen LogP contribution in [-0.2, 0) is 9.53 Å². The van der Waals surface area contributed by atoms with E-state index in [9.17, 15) is 14.4 Å². The Morgan fingerprint density at radius 3 is 2.62 bits per heavy atom. The molecule has 148 valence electrons. The van der Waals surface area contributed by atoms with Crippen LogP contribution in [0.5, 0.6) is 0 Å². The van der Waals surface area contributed by atoms with Gasteiger partial charge in [-0.25, -0.2) is 4.79 Å². The fourth-order valence-electron chi connectivity index (χ4n) is 3.27. The Morgan fingerprint density at radius 2 is 1.97 bits per heavy atom. The van der Waals surface area contributed by atoms with E-state index in [-0.39, 0.29) is 17.7 Å². The summed E-state index contributed by atoms with van der Waals surface area (Å²) in [6, 6.07) is 7.31. The van der Waals surface area contributed by atoms with Crippen molar-refractivity contribution in [2.75, 3.05) is 13.7 Å². The third-order valence-corrected chi connectivity index (χ3v) is 5.66. The van der Waals surface area contributed by atoms with Crippen LogP contribution in [0.4, 0.5) is 4.79 Å². The van der Waals surface area contributed by atoms with E-state index in [1.54, 1.807) is 18.2 Å². The monoisotopic (exact) mass is 408 g/mol. The fourth-order valence-corrected chi connectivity index (χ4v) is 4.10. The lowest BCUT2D eigenvalue weighted by atomic mass is 10.1. The molecule has 2 amide bonds. The Kier molecular flexibility index (Phi) is 5.66. The summed E-state index contributed by atoms with van der Waals surface area (Å²) < 4.78 is 6.84. The van der Waals surface area contributed by atoms with Crippen LogP contribution in [0, 0.1) is 33.1 Å². The molecule has 1 aromatic carbocycles. The molecule has 0 saturated carbocycles. The van der Waals surface area contributed by atoms with Gasteiger partial charge < -0.3 is 9.30 Å². The van der Waals surface area contributed by atoms with Crippen molar-refractivity contribution in [1.82, 2.24) is 9.47 Å². The van der Waals surface area contributed by atoms with Gasteiger partial charge in [-0.2, -0.15) is 0 Å². The Hall–Kier alpha value is -3.24. The van der Waals surface area contributed by atoms with Crippen molar-refractivity contribution in [1.29, 1.82) is 0 Å². The minimum Gasteiger partial charge on any atom is -0.465 e. The van der Waals surface area contributed by atoms with Gasteiger partial charge in [0.15, 0.2) is 0 Å². The highest BCUT2D eigenvalue weighted by atomic mass is 32.2. The second kappa shape index (κ2) is 8.02. The third kappa shape index (κ3) is 3.71. The van der Waals surface area contributed by atoms with E-state index in [1.165, 1.54) is 7.11 Å². The summed E-state index contributed by atoms with van der Waals surface area (Å²) >= 11 is 0.881. The van der Waals surface area contributed by atoms with Crippen molar-refractivity contribution in [2.45, 2.75) is 20.8 Å². The second-order valence-electron chi connectivity index (χ2n) is 6.63. The Balaban J connectivity index is 2.05. The molecule has 29 heavy (non-hydrogen) atoms. The number of hydrogen-bond acceptors (Lipinski definition) is 5. The lowest BCUT2D eigenvalue weighted by molar-refractivity contribution is -0.122. The number of terminal acetylenes is 1. The van der Waals surface area contributed by atoms with Crippen LogP contribution in [0.1, 0.15) is 32.9 Å². The zero-order valence-electron chi connectivity index (χ0n) is 16.6. The van der Waals surface area contributed by atoms with E-state index in [1.807, 2.05) is 37.5 Å². The molecule has 1 aliphatic rings. The van der Waals surface area contributed by atoms with Gasteiger partial charge in [-0.1, -0.05) is 12.0 Å². The standard InChI is InChI=1S/C22H20N2O4S/c1-6-9-23-20(25)19(29-22(23)27)12-17-10-14(3)24(15(17)4)18-11-16(21(26)28-5)8-7-13(18)2/h1,7-8,10-12H,9H2,2-5H3/b19-12+. The first-order chi connectivity index (χ1) is 13.8. The minimum atomic E-state index is -0.406. The van der Waals surface area contributed by atoms with Crippen molar-refractivity contribution in [2.24, 2.45) is 0 Å². The van der Waals surface area contributed by atoms with Crippen LogP contribution in [-0.4, -0.2) is 40.2 Å². The number of imide groups is 1. The molecule has 0 radical (unpaired) electrons. The highest BCUT2D eigenvalue weighted by Gasteiger charge is 2.34. The molecule has 0 N–H and O–H groups in total. The SMILES string of the molecule is C#CCN1C(=O)S/C(=C/c2cc(C)n(-c3cc(C(=O)OC)ccc3C)c2C)C1=O. The summed E-state index contributed by atoms with van der Waals surface area (Å²) in [5.41, 5.74) is 4.93. The zero-order chi connectivity index (χ0) is 21.3. The fraction of sp³-hybridized carbons (Fsp3) is 0.227. The van der Waals surface area contributed by atoms with Crippen molar-refractivity contribution in [3.8, 4) is 18.0 Å². The quantitative estimate of drug-likeness (QED) is 0.437. The maximum Gasteiger partial charge on any atom is 0.337 e. The number of thioether (sulfide) groups is 1. The van der Waals surface area contributed by atoms with Crippen LogP contribution < -0.4 is 0 Å². The first-order valence-corrected chi connectivity index (χ1v) is 9.67. The van der Waals surface area contributed by atoms with E-state index < -0.39 is 5.97 Å². The maximum absolute atomic E-state index is 12.5. The number of methoxy groups -OCH3 is 1. The summed E-state index contributed by atoms with van der Waals surface area (Å²) in [7, 11) is 1.35. The highest BCUT2D eigenvalue weighted by molar-refractivity contribution is 8.18. The van der Waals surface area contributed by atoms with Crippen LogP contribution in [0.25, 0.3) is 11.8 Å². The molecule has 1 aliphatic heterocycles. The number of nitrogens with zero attached hydrogens (tertiary/aromatic N) is 2. The van der Waals surface area contributed by atoms with Gasteiger partial charge in [0.2, 0.25) is 0 Å². The van der Waals surface area contributed by atoms with E-state index >= 15 is 0 Å². The maximum atomic E-state index is 12.5. The van der Waals surface area contributed by atoms with Crippen molar-refractivity contribution >= 4 is 35.0 Å². The summed E-state index contributed by atoms with van der Waals surface area (Å²) in [4.78, 5) is 37.8.